The summed E-state index contributed by atoms with van der Waals surface area (Å²) in [5, 5.41) is 8.05. The van der Waals surface area contributed by atoms with Crippen molar-refractivity contribution in [3.63, 3.8) is 0 Å². The van der Waals surface area contributed by atoms with Crippen molar-refractivity contribution in [2.24, 2.45) is 5.92 Å². The fourth-order valence-electron chi connectivity index (χ4n) is 3.72. The standard InChI is InChI=1S/C19H23N5O/c1-13-6-5-8-14-7-3-4-9-16(14)18(13)23-17-10-15(11-25-2)22-19-20-12-21-24(17)19/h3-4,7,9-10,12-13,18,23H,5-6,8,11H2,1-2H3/t13-,18+/m0/s1. The van der Waals surface area contributed by atoms with E-state index in [9.17, 15) is 0 Å². The lowest BCUT2D eigenvalue weighted by atomic mass is 9.92. The maximum atomic E-state index is 5.25. The van der Waals surface area contributed by atoms with E-state index in [0.29, 0.717) is 18.3 Å². The molecule has 0 fully saturated rings. The summed E-state index contributed by atoms with van der Waals surface area (Å²) in [6.45, 7) is 2.77. The summed E-state index contributed by atoms with van der Waals surface area (Å²) in [4.78, 5) is 8.73. The molecule has 6 heteroatoms. The van der Waals surface area contributed by atoms with E-state index in [1.807, 2.05) is 6.07 Å². The molecular formula is C19H23N5O. The van der Waals surface area contributed by atoms with Crippen molar-refractivity contribution >= 4 is 11.6 Å². The average molecular weight is 337 g/mol. The topological polar surface area (TPSA) is 64.3 Å². The van der Waals surface area contributed by atoms with Gasteiger partial charge in [0.2, 0.25) is 0 Å². The van der Waals surface area contributed by atoms with Crippen molar-refractivity contribution < 1.29 is 4.74 Å². The van der Waals surface area contributed by atoms with Gasteiger partial charge >= 0.3 is 0 Å². The van der Waals surface area contributed by atoms with Crippen LogP contribution in [0.1, 0.15) is 42.6 Å². The zero-order valence-electron chi connectivity index (χ0n) is 14.6. The van der Waals surface area contributed by atoms with E-state index >= 15 is 0 Å². The maximum Gasteiger partial charge on any atom is 0.254 e. The summed E-state index contributed by atoms with van der Waals surface area (Å²) in [5.41, 5.74) is 3.66. The largest absolute Gasteiger partial charge is 0.378 e. The smallest absolute Gasteiger partial charge is 0.254 e. The quantitative estimate of drug-likeness (QED) is 0.739. The third-order valence-corrected chi connectivity index (χ3v) is 4.97. The second-order valence-electron chi connectivity index (χ2n) is 6.73. The number of rotatable bonds is 4. The van der Waals surface area contributed by atoms with Crippen molar-refractivity contribution in [1.29, 1.82) is 0 Å². The molecule has 0 radical (unpaired) electrons. The van der Waals surface area contributed by atoms with E-state index in [-0.39, 0.29) is 6.04 Å². The van der Waals surface area contributed by atoms with Gasteiger partial charge in [0, 0.05) is 13.2 Å². The minimum Gasteiger partial charge on any atom is -0.378 e. The highest BCUT2D eigenvalue weighted by Crippen LogP contribution is 2.35. The van der Waals surface area contributed by atoms with E-state index in [4.69, 9.17) is 4.74 Å². The number of benzene rings is 1. The van der Waals surface area contributed by atoms with Crippen LogP contribution in [0.25, 0.3) is 5.78 Å². The van der Waals surface area contributed by atoms with Gasteiger partial charge < -0.3 is 10.1 Å². The van der Waals surface area contributed by atoms with Crippen LogP contribution in [0.4, 0.5) is 5.82 Å². The van der Waals surface area contributed by atoms with Gasteiger partial charge in [0.05, 0.1) is 18.3 Å². The highest BCUT2D eigenvalue weighted by atomic mass is 16.5. The van der Waals surface area contributed by atoms with Crippen molar-refractivity contribution in [3.05, 3.63) is 53.5 Å². The second-order valence-corrected chi connectivity index (χ2v) is 6.73. The molecule has 1 aliphatic carbocycles. The molecule has 0 bridgehead atoms. The predicted octanol–water partition coefficient (Wildman–Crippen LogP) is 3.40. The van der Waals surface area contributed by atoms with Gasteiger partial charge in [-0.2, -0.15) is 14.6 Å². The van der Waals surface area contributed by atoms with Gasteiger partial charge in [-0.1, -0.05) is 31.2 Å². The molecule has 2 atom stereocenters. The first-order chi connectivity index (χ1) is 12.3. The SMILES string of the molecule is COCc1cc(N[C@H]2c3ccccc3CCC[C@@H]2C)n2ncnc2n1. The molecular weight excluding hydrogens is 314 g/mol. The van der Waals surface area contributed by atoms with E-state index < -0.39 is 0 Å². The Labute approximate surface area is 147 Å². The summed E-state index contributed by atoms with van der Waals surface area (Å²) in [6, 6.07) is 11.0. The van der Waals surface area contributed by atoms with Crippen LogP contribution < -0.4 is 5.32 Å². The minimum atomic E-state index is 0.240. The van der Waals surface area contributed by atoms with Crippen LogP contribution in [0.3, 0.4) is 0 Å². The van der Waals surface area contributed by atoms with Crippen LogP contribution in [0.2, 0.25) is 0 Å². The van der Waals surface area contributed by atoms with Crippen molar-refractivity contribution in [1.82, 2.24) is 19.6 Å². The molecule has 0 saturated carbocycles. The molecule has 0 unspecified atom stereocenters. The first kappa shape index (κ1) is 16.0. The van der Waals surface area contributed by atoms with Crippen LogP contribution in [-0.4, -0.2) is 26.7 Å². The Morgan fingerprint density at radius 1 is 1.32 bits per heavy atom. The van der Waals surface area contributed by atoms with E-state index in [2.05, 4.69) is 51.6 Å². The monoisotopic (exact) mass is 337 g/mol. The molecule has 130 valence electrons. The Morgan fingerprint density at radius 3 is 3.08 bits per heavy atom. The first-order valence-electron chi connectivity index (χ1n) is 8.79. The van der Waals surface area contributed by atoms with Crippen LogP contribution in [0.15, 0.2) is 36.7 Å². The number of aryl methyl sites for hydroxylation is 1. The number of nitrogens with one attached hydrogen (secondary N) is 1. The fourth-order valence-corrected chi connectivity index (χ4v) is 3.72. The Hall–Kier alpha value is -2.47. The fraction of sp³-hybridized carbons (Fsp3) is 0.421. The lowest BCUT2D eigenvalue weighted by Gasteiger charge is -2.26. The Morgan fingerprint density at radius 2 is 2.20 bits per heavy atom. The molecule has 0 aliphatic heterocycles. The highest BCUT2D eigenvalue weighted by Gasteiger charge is 2.25. The number of hydrogen-bond acceptors (Lipinski definition) is 5. The summed E-state index contributed by atoms with van der Waals surface area (Å²) in [7, 11) is 1.67. The minimum absolute atomic E-state index is 0.240. The summed E-state index contributed by atoms with van der Waals surface area (Å²) < 4.78 is 7.01. The van der Waals surface area contributed by atoms with Gasteiger partial charge in [0.25, 0.3) is 5.78 Å². The van der Waals surface area contributed by atoms with Crippen LogP contribution >= 0.6 is 0 Å². The van der Waals surface area contributed by atoms with Crippen molar-refractivity contribution in [2.45, 2.75) is 38.8 Å². The van der Waals surface area contributed by atoms with Crippen LogP contribution in [0.5, 0.6) is 0 Å². The van der Waals surface area contributed by atoms with Gasteiger partial charge in [-0.3, -0.25) is 0 Å². The number of anilines is 1. The predicted molar refractivity (Wildman–Crippen MR) is 96.4 cm³/mol. The Balaban J connectivity index is 1.76. The molecule has 2 heterocycles. The van der Waals surface area contributed by atoms with E-state index in [1.54, 1.807) is 11.6 Å². The second kappa shape index (κ2) is 6.80. The molecule has 1 aliphatic rings. The maximum absolute atomic E-state index is 5.25. The molecule has 0 saturated heterocycles. The van der Waals surface area contributed by atoms with Crippen LogP contribution in [-0.2, 0) is 17.8 Å². The first-order valence-corrected chi connectivity index (χ1v) is 8.79. The number of methoxy groups -OCH3 is 1. The number of nitrogens with zero attached hydrogens (tertiary/aromatic N) is 4. The molecule has 1 N–H and O–H groups in total. The lowest BCUT2D eigenvalue weighted by molar-refractivity contribution is 0.181. The highest BCUT2D eigenvalue weighted by molar-refractivity contribution is 5.48. The number of ether oxygens (including phenoxy) is 1. The zero-order chi connectivity index (χ0) is 17.2. The molecule has 3 aromatic rings. The Bertz CT molecular complexity index is 875. The third-order valence-electron chi connectivity index (χ3n) is 4.97. The number of hydrogen-bond donors (Lipinski definition) is 1. The van der Waals surface area contributed by atoms with Gasteiger partial charge in [-0.15, -0.1) is 0 Å². The summed E-state index contributed by atoms with van der Waals surface area (Å²) in [5.74, 6) is 2.02. The molecule has 2 aromatic heterocycles. The van der Waals surface area contributed by atoms with Crippen molar-refractivity contribution in [3.8, 4) is 0 Å². The Kier molecular flexibility index (Phi) is 4.36. The molecule has 4 rings (SSSR count). The normalized spacial score (nSPS) is 20.2. The van der Waals surface area contributed by atoms with Crippen molar-refractivity contribution in [2.75, 3.05) is 12.4 Å². The lowest BCUT2D eigenvalue weighted by Crippen LogP contribution is -2.20. The van der Waals surface area contributed by atoms with Gasteiger partial charge in [0.1, 0.15) is 12.1 Å². The molecule has 6 nitrogen and oxygen atoms in total. The summed E-state index contributed by atoms with van der Waals surface area (Å²) in [6.07, 6.45) is 5.10. The zero-order valence-corrected chi connectivity index (χ0v) is 14.6. The summed E-state index contributed by atoms with van der Waals surface area (Å²) >= 11 is 0. The van der Waals surface area contributed by atoms with Gasteiger partial charge in [0.15, 0.2) is 0 Å². The molecule has 1 aromatic carbocycles. The molecule has 0 amide bonds. The average Bonchev–Trinajstić information content (AvgIpc) is 3.03. The molecule has 25 heavy (non-hydrogen) atoms. The van der Waals surface area contributed by atoms with E-state index in [1.165, 1.54) is 30.3 Å². The van der Waals surface area contributed by atoms with E-state index in [0.717, 1.165) is 17.9 Å². The van der Waals surface area contributed by atoms with Gasteiger partial charge in [-0.05, 0) is 36.3 Å². The number of aromatic nitrogens is 4. The molecule has 0 spiro atoms. The van der Waals surface area contributed by atoms with Crippen LogP contribution in [0, 0.1) is 5.92 Å². The van der Waals surface area contributed by atoms with Gasteiger partial charge in [-0.25, -0.2) is 4.98 Å². The third kappa shape index (κ3) is 3.09. The number of fused-ring (bicyclic) bond motifs is 2.